The summed E-state index contributed by atoms with van der Waals surface area (Å²) in [6.45, 7) is 6.11. The third kappa shape index (κ3) is 3.39. The number of hydrogen-bond acceptors (Lipinski definition) is 4. The Morgan fingerprint density at radius 3 is 2.52 bits per heavy atom. The highest BCUT2D eigenvalue weighted by Crippen LogP contribution is 2.37. The van der Waals surface area contributed by atoms with Crippen LogP contribution in [0, 0.1) is 0 Å². The maximum absolute atomic E-state index is 12.3. The van der Waals surface area contributed by atoms with Gasteiger partial charge in [-0.05, 0) is 33.6 Å². The Balaban J connectivity index is 1.76. The molecule has 1 saturated carbocycles. The second kappa shape index (κ2) is 6.19. The molecule has 0 radical (unpaired) electrons. The summed E-state index contributed by atoms with van der Waals surface area (Å²) in [5.74, 6) is 1.21. The van der Waals surface area contributed by atoms with Gasteiger partial charge in [0, 0.05) is 23.1 Å². The summed E-state index contributed by atoms with van der Waals surface area (Å²) in [5, 5.41) is 10.3. The van der Waals surface area contributed by atoms with E-state index in [0.717, 1.165) is 48.4 Å². The molecule has 23 heavy (non-hydrogen) atoms. The van der Waals surface area contributed by atoms with Gasteiger partial charge in [0.2, 0.25) is 0 Å². The minimum atomic E-state index is -0.595. The molecule has 1 aliphatic carbocycles. The zero-order valence-electron chi connectivity index (χ0n) is 13.9. The van der Waals surface area contributed by atoms with Crippen LogP contribution in [0.1, 0.15) is 57.7 Å². The van der Waals surface area contributed by atoms with E-state index in [0.29, 0.717) is 5.82 Å². The topological polar surface area (TPSA) is 76.0 Å². The lowest BCUT2D eigenvalue weighted by Crippen LogP contribution is -2.41. The number of hydrogen-bond donors (Lipinski definition) is 2. The number of nitrogens with zero attached hydrogens (tertiary/aromatic N) is 2. The van der Waals surface area contributed by atoms with E-state index < -0.39 is 11.8 Å². The van der Waals surface area contributed by atoms with Gasteiger partial charge in [0.05, 0.1) is 11.2 Å². The van der Waals surface area contributed by atoms with Crippen molar-refractivity contribution in [2.45, 2.75) is 69.5 Å². The molecule has 3 rings (SSSR count). The van der Waals surface area contributed by atoms with E-state index in [9.17, 15) is 9.59 Å². The molecule has 0 atom stereocenters. The largest absolute Gasteiger partial charge is 0.345 e. The molecular formula is C16H24N4O2S. The number of thioether (sulfide) groups is 1. The van der Waals surface area contributed by atoms with E-state index in [4.69, 9.17) is 0 Å². The van der Waals surface area contributed by atoms with Crippen LogP contribution in [-0.2, 0) is 26.6 Å². The number of carbonyl (C=O) groups is 2. The van der Waals surface area contributed by atoms with Crippen molar-refractivity contribution in [3.63, 3.8) is 0 Å². The van der Waals surface area contributed by atoms with Gasteiger partial charge in [-0.15, -0.1) is 0 Å². The molecule has 0 saturated heterocycles. The second-order valence-electron chi connectivity index (χ2n) is 7.26. The minimum Gasteiger partial charge on any atom is -0.345 e. The van der Waals surface area contributed by atoms with Crippen molar-refractivity contribution in [2.24, 2.45) is 0 Å². The molecule has 2 aliphatic rings. The van der Waals surface area contributed by atoms with Gasteiger partial charge in [-0.1, -0.05) is 12.8 Å². The van der Waals surface area contributed by atoms with Gasteiger partial charge in [-0.25, -0.2) is 4.68 Å². The summed E-state index contributed by atoms with van der Waals surface area (Å²) >= 11 is 1.78. The van der Waals surface area contributed by atoms with Crippen LogP contribution in [-0.4, -0.2) is 27.6 Å². The van der Waals surface area contributed by atoms with Gasteiger partial charge in [-0.2, -0.15) is 16.9 Å². The van der Waals surface area contributed by atoms with Gasteiger partial charge >= 0.3 is 11.8 Å². The van der Waals surface area contributed by atoms with Crippen LogP contribution >= 0.6 is 11.8 Å². The lowest BCUT2D eigenvalue weighted by molar-refractivity contribution is -0.136. The average Bonchev–Trinajstić information content (AvgIpc) is 3.15. The van der Waals surface area contributed by atoms with Crippen molar-refractivity contribution in [3.05, 3.63) is 11.3 Å². The maximum Gasteiger partial charge on any atom is 0.314 e. The molecule has 0 unspecified atom stereocenters. The van der Waals surface area contributed by atoms with Crippen LogP contribution in [0.25, 0.3) is 0 Å². The minimum absolute atomic E-state index is 0.141. The zero-order chi connectivity index (χ0) is 16.6. The predicted octanol–water partition coefficient (Wildman–Crippen LogP) is 2.38. The van der Waals surface area contributed by atoms with Crippen LogP contribution < -0.4 is 10.6 Å². The molecular weight excluding hydrogens is 312 g/mol. The first-order valence-corrected chi connectivity index (χ1v) is 9.32. The quantitative estimate of drug-likeness (QED) is 0.813. The lowest BCUT2D eigenvalue weighted by atomic mass is 10.1. The van der Waals surface area contributed by atoms with Crippen molar-refractivity contribution in [3.8, 4) is 0 Å². The number of anilines is 1. The fourth-order valence-electron chi connectivity index (χ4n) is 3.11. The normalized spacial score (nSPS) is 18.0. The second-order valence-corrected chi connectivity index (χ2v) is 8.24. The van der Waals surface area contributed by atoms with E-state index >= 15 is 0 Å². The first-order chi connectivity index (χ1) is 10.9. The third-order valence-electron chi connectivity index (χ3n) is 4.32. The fraction of sp³-hybridized carbons (Fsp3) is 0.688. The molecule has 1 aromatic heterocycles. The van der Waals surface area contributed by atoms with E-state index in [1.165, 1.54) is 0 Å². The van der Waals surface area contributed by atoms with Crippen LogP contribution in [0.4, 0.5) is 5.82 Å². The van der Waals surface area contributed by atoms with Gasteiger partial charge < -0.3 is 10.6 Å². The van der Waals surface area contributed by atoms with Crippen molar-refractivity contribution in [1.29, 1.82) is 0 Å². The van der Waals surface area contributed by atoms with E-state index in [-0.39, 0.29) is 11.6 Å². The molecule has 0 spiro atoms. The molecule has 0 bridgehead atoms. The SMILES string of the molecule is CC(C)(C)n1nc2c(c1NC(=O)C(=O)NC1CCCC1)CSC2. The van der Waals surface area contributed by atoms with E-state index in [1.807, 2.05) is 25.5 Å². The number of aromatic nitrogens is 2. The number of carbonyl (C=O) groups excluding carboxylic acids is 2. The van der Waals surface area contributed by atoms with Crippen molar-refractivity contribution in [1.82, 2.24) is 15.1 Å². The Kier molecular flexibility index (Phi) is 4.40. The first-order valence-electron chi connectivity index (χ1n) is 8.17. The smallest absolute Gasteiger partial charge is 0.314 e. The Bertz CT molecular complexity index is 627. The molecule has 1 aromatic rings. The van der Waals surface area contributed by atoms with Crippen LogP contribution in [0.3, 0.4) is 0 Å². The van der Waals surface area contributed by atoms with Crippen LogP contribution in [0.15, 0.2) is 0 Å². The molecule has 126 valence electrons. The molecule has 2 N–H and O–H groups in total. The summed E-state index contributed by atoms with van der Waals surface area (Å²) in [4.78, 5) is 24.4. The van der Waals surface area contributed by atoms with Gasteiger partial charge in [0.15, 0.2) is 0 Å². The Labute approximate surface area is 140 Å². The molecule has 2 amide bonds. The van der Waals surface area contributed by atoms with Gasteiger partial charge in [0.25, 0.3) is 0 Å². The highest BCUT2D eigenvalue weighted by molar-refractivity contribution is 7.98. The highest BCUT2D eigenvalue weighted by atomic mass is 32.2. The molecule has 1 fully saturated rings. The maximum atomic E-state index is 12.3. The van der Waals surface area contributed by atoms with E-state index in [1.54, 1.807) is 11.8 Å². The molecule has 0 aromatic carbocycles. The number of amides is 2. The van der Waals surface area contributed by atoms with E-state index in [2.05, 4.69) is 15.7 Å². The average molecular weight is 336 g/mol. The molecule has 1 aliphatic heterocycles. The summed E-state index contributed by atoms with van der Waals surface area (Å²) in [5.41, 5.74) is 1.81. The lowest BCUT2D eigenvalue weighted by Gasteiger charge is -2.23. The number of rotatable bonds is 2. The summed E-state index contributed by atoms with van der Waals surface area (Å²) < 4.78 is 1.83. The standard InChI is InChI=1S/C16H24N4O2S/c1-16(2,3)20-13(11-8-23-9-12(11)19-20)18-15(22)14(21)17-10-6-4-5-7-10/h10H,4-9H2,1-3H3,(H,17,21)(H,18,22). The van der Waals surface area contributed by atoms with Crippen molar-refractivity contribution >= 4 is 29.4 Å². The summed E-state index contributed by atoms with van der Waals surface area (Å²) in [6, 6.07) is 0.141. The third-order valence-corrected chi connectivity index (χ3v) is 5.29. The first kappa shape index (κ1) is 16.4. The molecule has 2 heterocycles. The van der Waals surface area contributed by atoms with Gasteiger partial charge in [-0.3, -0.25) is 9.59 Å². The zero-order valence-corrected chi connectivity index (χ0v) is 14.8. The highest BCUT2D eigenvalue weighted by Gasteiger charge is 2.30. The summed E-state index contributed by atoms with van der Waals surface area (Å²) in [6.07, 6.45) is 4.16. The fourth-order valence-corrected chi connectivity index (χ4v) is 4.15. The number of fused-ring (bicyclic) bond motifs is 1. The Morgan fingerprint density at radius 1 is 1.17 bits per heavy atom. The predicted molar refractivity (Wildman–Crippen MR) is 91.3 cm³/mol. The Hall–Kier alpha value is -1.50. The van der Waals surface area contributed by atoms with Crippen molar-refractivity contribution in [2.75, 3.05) is 5.32 Å². The Morgan fingerprint density at radius 2 is 1.87 bits per heavy atom. The van der Waals surface area contributed by atoms with Gasteiger partial charge in [0.1, 0.15) is 5.82 Å². The van der Waals surface area contributed by atoms with Crippen molar-refractivity contribution < 1.29 is 9.59 Å². The molecule has 6 nitrogen and oxygen atoms in total. The number of nitrogens with one attached hydrogen (secondary N) is 2. The van der Waals surface area contributed by atoms with Crippen LogP contribution in [0.2, 0.25) is 0 Å². The van der Waals surface area contributed by atoms with Crippen LogP contribution in [0.5, 0.6) is 0 Å². The monoisotopic (exact) mass is 336 g/mol. The summed E-state index contributed by atoms with van der Waals surface area (Å²) in [7, 11) is 0. The molecule has 7 heteroatoms.